The molecule has 1 saturated heterocycles. The summed E-state index contributed by atoms with van der Waals surface area (Å²) in [5.41, 5.74) is 0.633. The van der Waals surface area contributed by atoms with E-state index in [1.54, 1.807) is 29.5 Å². The van der Waals surface area contributed by atoms with Crippen molar-refractivity contribution in [2.75, 3.05) is 26.2 Å². The summed E-state index contributed by atoms with van der Waals surface area (Å²) in [4.78, 5) is 18.6. The molecule has 0 saturated carbocycles. The average molecular weight is 488 g/mol. The number of hydrogen-bond donors (Lipinski definition) is 0. The first-order valence-electron chi connectivity index (χ1n) is 8.34. The minimum Gasteiger partial charge on any atom is -0.337 e. The average Bonchev–Trinajstić information content (AvgIpc) is 2.82. The van der Waals surface area contributed by atoms with Gasteiger partial charge in [0.1, 0.15) is 5.82 Å². The number of halogens is 1. The highest BCUT2D eigenvalue weighted by Gasteiger charge is 2.30. The molecule has 2 aromatic rings. The molecular weight excluding hydrogens is 467 g/mol. The molecule has 7 nitrogen and oxygen atoms in total. The zero-order chi connectivity index (χ0) is 18.9. The summed E-state index contributed by atoms with van der Waals surface area (Å²) >= 11 is 2.17. The summed E-state index contributed by atoms with van der Waals surface area (Å²) in [7, 11) is -1.88. The van der Waals surface area contributed by atoms with E-state index in [0.29, 0.717) is 37.4 Å². The van der Waals surface area contributed by atoms with Gasteiger partial charge in [0.15, 0.2) is 5.03 Å². The van der Waals surface area contributed by atoms with Crippen molar-refractivity contribution in [3.63, 3.8) is 0 Å². The Morgan fingerprint density at radius 1 is 1.19 bits per heavy atom. The molecule has 1 aromatic carbocycles. The summed E-state index contributed by atoms with van der Waals surface area (Å²) in [6, 6.07) is 7.43. The lowest BCUT2D eigenvalue weighted by molar-refractivity contribution is 0.0764. The number of carbonyl (C=O) groups excluding carboxylic acids is 1. The Balaban J connectivity index is 1.74. The van der Waals surface area contributed by atoms with Crippen LogP contribution in [0.4, 0.5) is 0 Å². The lowest BCUT2D eigenvalue weighted by Gasteiger charge is -2.21. The summed E-state index contributed by atoms with van der Waals surface area (Å²) in [5.74, 6) is 0.588. The first-order valence-corrected chi connectivity index (χ1v) is 10.9. The zero-order valence-electron chi connectivity index (χ0n) is 14.7. The van der Waals surface area contributed by atoms with Crippen molar-refractivity contribution in [2.45, 2.75) is 18.4 Å². The van der Waals surface area contributed by atoms with E-state index in [1.165, 1.54) is 10.5 Å². The van der Waals surface area contributed by atoms with Crippen LogP contribution in [0.3, 0.4) is 0 Å². The molecule has 1 aliphatic heterocycles. The molecule has 1 amide bonds. The zero-order valence-corrected chi connectivity index (χ0v) is 17.7. The fourth-order valence-corrected chi connectivity index (χ4v) is 4.96. The Kier molecular flexibility index (Phi) is 5.68. The predicted octanol–water partition coefficient (Wildman–Crippen LogP) is 1.87. The van der Waals surface area contributed by atoms with Crippen LogP contribution < -0.4 is 0 Å². The maximum atomic E-state index is 12.8. The standard InChI is InChI=1S/C17H21IN4O3S/c1-13-19-16(12-20(13)2)26(24,25)22-8-4-7-21(9-10-22)17(23)14-5-3-6-15(18)11-14/h3,5-6,11-12H,4,7-10H2,1-2H3. The Labute approximate surface area is 167 Å². The molecular formula is C17H21IN4O3S. The lowest BCUT2D eigenvalue weighted by atomic mass is 10.2. The summed E-state index contributed by atoms with van der Waals surface area (Å²) < 4.78 is 29.8. The second-order valence-electron chi connectivity index (χ2n) is 6.30. The first-order chi connectivity index (χ1) is 12.3. The molecule has 0 bridgehead atoms. The molecule has 140 valence electrons. The third kappa shape index (κ3) is 3.94. The third-order valence-corrected chi connectivity index (χ3v) is 6.95. The Bertz CT molecular complexity index is 906. The minimum absolute atomic E-state index is 0.0588. The van der Waals surface area contributed by atoms with Crippen molar-refractivity contribution in [1.82, 2.24) is 18.8 Å². The first kappa shape index (κ1) is 19.3. The van der Waals surface area contributed by atoms with Crippen LogP contribution in [0.2, 0.25) is 0 Å². The number of imidazole rings is 1. The fraction of sp³-hybridized carbons (Fsp3) is 0.412. The van der Waals surface area contributed by atoms with Crippen molar-refractivity contribution >= 4 is 38.5 Å². The summed E-state index contributed by atoms with van der Waals surface area (Å²) in [5, 5.41) is 0.0647. The number of aryl methyl sites for hydroxylation is 2. The third-order valence-electron chi connectivity index (χ3n) is 4.50. The molecule has 0 atom stereocenters. The number of rotatable bonds is 3. The van der Waals surface area contributed by atoms with Crippen LogP contribution in [0, 0.1) is 10.5 Å². The smallest absolute Gasteiger partial charge is 0.262 e. The maximum Gasteiger partial charge on any atom is 0.262 e. The van der Waals surface area contributed by atoms with Crippen LogP contribution in [0.5, 0.6) is 0 Å². The van der Waals surface area contributed by atoms with E-state index in [-0.39, 0.29) is 17.5 Å². The molecule has 0 aliphatic carbocycles. The molecule has 1 aliphatic rings. The number of carbonyl (C=O) groups is 1. The largest absolute Gasteiger partial charge is 0.337 e. The van der Waals surface area contributed by atoms with Gasteiger partial charge in [0.25, 0.3) is 15.9 Å². The van der Waals surface area contributed by atoms with Crippen molar-refractivity contribution in [3.8, 4) is 0 Å². The molecule has 26 heavy (non-hydrogen) atoms. The molecule has 0 N–H and O–H groups in total. The highest BCUT2D eigenvalue weighted by atomic mass is 127. The second kappa shape index (κ2) is 7.65. The number of hydrogen-bond acceptors (Lipinski definition) is 4. The topological polar surface area (TPSA) is 75.5 Å². The van der Waals surface area contributed by atoms with Gasteiger partial charge in [-0.05, 0) is 54.1 Å². The monoisotopic (exact) mass is 488 g/mol. The van der Waals surface area contributed by atoms with Gasteiger partial charge in [-0.1, -0.05) is 6.07 Å². The molecule has 1 aromatic heterocycles. The van der Waals surface area contributed by atoms with Gasteiger partial charge < -0.3 is 9.47 Å². The molecule has 0 radical (unpaired) electrons. The van der Waals surface area contributed by atoms with E-state index in [2.05, 4.69) is 27.6 Å². The number of amides is 1. The van der Waals surface area contributed by atoms with Gasteiger partial charge in [-0.3, -0.25) is 4.79 Å². The Morgan fingerprint density at radius 2 is 1.96 bits per heavy atom. The van der Waals surface area contributed by atoms with Crippen molar-refractivity contribution in [3.05, 3.63) is 45.4 Å². The van der Waals surface area contributed by atoms with Gasteiger partial charge in [-0.25, -0.2) is 13.4 Å². The van der Waals surface area contributed by atoms with Crippen LogP contribution in [0.1, 0.15) is 22.6 Å². The van der Waals surface area contributed by atoms with E-state index < -0.39 is 10.0 Å². The normalized spacial score (nSPS) is 16.5. The minimum atomic E-state index is -3.65. The summed E-state index contributed by atoms with van der Waals surface area (Å²) in [6.45, 7) is 3.33. The molecule has 1 fully saturated rings. The Hall–Kier alpha value is -1.46. The number of nitrogens with zero attached hydrogens (tertiary/aromatic N) is 4. The second-order valence-corrected chi connectivity index (χ2v) is 9.43. The van der Waals surface area contributed by atoms with E-state index in [0.717, 1.165) is 3.57 Å². The fourth-order valence-electron chi connectivity index (χ4n) is 2.92. The van der Waals surface area contributed by atoms with Gasteiger partial charge >= 0.3 is 0 Å². The van der Waals surface area contributed by atoms with Crippen LogP contribution in [0.15, 0.2) is 35.5 Å². The number of sulfonamides is 1. The SMILES string of the molecule is Cc1nc(S(=O)(=O)N2CCCN(C(=O)c3cccc(I)c3)CC2)cn1C. The van der Waals surface area contributed by atoms with Crippen LogP contribution in [-0.4, -0.2) is 59.3 Å². The highest BCUT2D eigenvalue weighted by molar-refractivity contribution is 14.1. The van der Waals surface area contributed by atoms with Gasteiger partial charge in [0.2, 0.25) is 0 Å². The molecule has 2 heterocycles. The van der Waals surface area contributed by atoms with Gasteiger partial charge in [0.05, 0.1) is 0 Å². The quantitative estimate of drug-likeness (QED) is 0.619. The van der Waals surface area contributed by atoms with Crippen LogP contribution in [-0.2, 0) is 17.1 Å². The van der Waals surface area contributed by atoms with Crippen LogP contribution >= 0.6 is 22.6 Å². The maximum absolute atomic E-state index is 12.8. The predicted molar refractivity (Wildman–Crippen MR) is 106 cm³/mol. The van der Waals surface area contributed by atoms with E-state index in [9.17, 15) is 13.2 Å². The van der Waals surface area contributed by atoms with Crippen molar-refractivity contribution in [2.24, 2.45) is 7.05 Å². The van der Waals surface area contributed by atoms with Crippen molar-refractivity contribution < 1.29 is 13.2 Å². The van der Waals surface area contributed by atoms with Crippen molar-refractivity contribution in [1.29, 1.82) is 0 Å². The van der Waals surface area contributed by atoms with E-state index in [4.69, 9.17) is 0 Å². The van der Waals surface area contributed by atoms with Gasteiger partial charge in [-0.15, -0.1) is 0 Å². The van der Waals surface area contributed by atoms with Gasteiger partial charge in [-0.2, -0.15) is 4.31 Å². The molecule has 3 rings (SSSR count). The highest BCUT2D eigenvalue weighted by Crippen LogP contribution is 2.18. The number of benzene rings is 1. The Morgan fingerprint density at radius 3 is 2.62 bits per heavy atom. The van der Waals surface area contributed by atoms with Gasteiger partial charge in [0, 0.05) is 48.6 Å². The molecule has 0 spiro atoms. The van der Waals surface area contributed by atoms with E-state index in [1.807, 2.05) is 18.2 Å². The number of aromatic nitrogens is 2. The van der Waals surface area contributed by atoms with Crippen LogP contribution in [0.25, 0.3) is 0 Å². The molecule has 0 unspecified atom stereocenters. The van der Waals surface area contributed by atoms with E-state index >= 15 is 0 Å². The lowest BCUT2D eigenvalue weighted by Crippen LogP contribution is -2.37. The molecule has 9 heteroatoms. The summed E-state index contributed by atoms with van der Waals surface area (Å²) in [6.07, 6.45) is 2.13.